The molecule has 0 aromatic carbocycles. The monoisotopic (exact) mass is 312 g/mol. The van der Waals surface area contributed by atoms with Gasteiger partial charge < -0.3 is 9.47 Å². The number of esters is 1. The van der Waals surface area contributed by atoms with Crippen LogP contribution in [0, 0.1) is 0 Å². The van der Waals surface area contributed by atoms with Crippen molar-refractivity contribution in [2.45, 2.75) is 45.9 Å². The summed E-state index contributed by atoms with van der Waals surface area (Å²) in [5.74, 6) is -0.800. The summed E-state index contributed by atoms with van der Waals surface area (Å²) in [5, 5.41) is 2.36. The van der Waals surface area contributed by atoms with Gasteiger partial charge in [0.15, 0.2) is 0 Å². The number of rotatable bonds is 3. The third-order valence-electron chi connectivity index (χ3n) is 2.53. The molecule has 22 heavy (non-hydrogen) atoms. The number of hydrogen-bond donors (Lipinski definition) is 1. The minimum atomic E-state index is -1.72. The summed E-state index contributed by atoms with van der Waals surface area (Å²) < 4.78 is 23.7. The van der Waals surface area contributed by atoms with Gasteiger partial charge in [-0.3, -0.25) is 5.32 Å². The lowest BCUT2D eigenvalue weighted by Crippen LogP contribution is -2.28. The van der Waals surface area contributed by atoms with Crippen LogP contribution >= 0.6 is 0 Å². The van der Waals surface area contributed by atoms with Crippen molar-refractivity contribution < 1.29 is 23.5 Å². The van der Waals surface area contributed by atoms with Gasteiger partial charge in [0.25, 0.3) is 0 Å². The van der Waals surface area contributed by atoms with E-state index in [9.17, 15) is 14.0 Å². The largest absolute Gasteiger partial charge is 0.465 e. The second-order valence-corrected chi connectivity index (χ2v) is 6.18. The topological polar surface area (TPSA) is 77.5 Å². The number of hydrogen-bond acceptors (Lipinski definition) is 5. The molecule has 0 spiro atoms. The van der Waals surface area contributed by atoms with Crippen molar-refractivity contribution in [3.8, 4) is 0 Å². The molecule has 0 radical (unpaired) electrons. The SMILES string of the molecule is COC(=O)c1ccc(C(C)(C)F)nc1NC(=O)OC(C)(C)C. The summed E-state index contributed by atoms with van der Waals surface area (Å²) >= 11 is 0. The van der Waals surface area contributed by atoms with Crippen LogP contribution in [0.25, 0.3) is 0 Å². The zero-order chi connectivity index (χ0) is 17.1. The summed E-state index contributed by atoms with van der Waals surface area (Å²) in [4.78, 5) is 27.5. The molecule has 1 aromatic heterocycles. The van der Waals surface area contributed by atoms with Gasteiger partial charge >= 0.3 is 12.1 Å². The average Bonchev–Trinajstić information content (AvgIpc) is 2.34. The molecule has 1 heterocycles. The van der Waals surface area contributed by atoms with Crippen LogP contribution in [-0.4, -0.2) is 29.8 Å². The van der Waals surface area contributed by atoms with Crippen molar-refractivity contribution in [2.24, 2.45) is 0 Å². The summed E-state index contributed by atoms with van der Waals surface area (Å²) in [6.45, 7) is 7.74. The number of alkyl halides is 1. The molecule has 0 saturated heterocycles. The van der Waals surface area contributed by atoms with E-state index in [2.05, 4.69) is 15.0 Å². The molecule has 1 N–H and O–H groups in total. The first-order chi connectivity index (χ1) is 9.94. The highest BCUT2D eigenvalue weighted by Crippen LogP contribution is 2.26. The number of ether oxygens (including phenoxy) is 2. The van der Waals surface area contributed by atoms with Crippen molar-refractivity contribution in [1.29, 1.82) is 0 Å². The van der Waals surface area contributed by atoms with Gasteiger partial charge in [-0.1, -0.05) is 0 Å². The first kappa shape index (κ1) is 17.9. The Bertz CT molecular complexity index is 574. The lowest BCUT2D eigenvalue weighted by Gasteiger charge is -2.21. The Kier molecular flexibility index (Phi) is 5.11. The summed E-state index contributed by atoms with van der Waals surface area (Å²) in [7, 11) is 1.20. The molecule has 0 bridgehead atoms. The van der Waals surface area contributed by atoms with Gasteiger partial charge in [0.2, 0.25) is 0 Å². The van der Waals surface area contributed by atoms with Crippen LogP contribution in [0.4, 0.5) is 15.0 Å². The Labute approximate surface area is 129 Å². The van der Waals surface area contributed by atoms with E-state index in [1.807, 2.05) is 0 Å². The van der Waals surface area contributed by atoms with Crippen LogP contribution in [0.15, 0.2) is 12.1 Å². The maximum Gasteiger partial charge on any atom is 0.413 e. The van der Waals surface area contributed by atoms with E-state index in [1.165, 1.54) is 33.1 Å². The number of carbonyl (C=O) groups is 2. The van der Waals surface area contributed by atoms with E-state index in [0.29, 0.717) is 0 Å². The Morgan fingerprint density at radius 2 is 1.77 bits per heavy atom. The second-order valence-electron chi connectivity index (χ2n) is 6.18. The lowest BCUT2D eigenvalue weighted by atomic mass is 10.1. The van der Waals surface area contributed by atoms with E-state index >= 15 is 0 Å². The molecule has 7 heteroatoms. The number of amides is 1. The molecule has 122 valence electrons. The number of aromatic nitrogens is 1. The number of carbonyl (C=O) groups excluding carboxylic acids is 2. The number of nitrogens with zero attached hydrogens (tertiary/aromatic N) is 1. The highest BCUT2D eigenvalue weighted by molar-refractivity contribution is 5.98. The molecule has 0 aliphatic carbocycles. The molecule has 0 saturated carbocycles. The second kappa shape index (κ2) is 6.29. The van der Waals surface area contributed by atoms with Crippen LogP contribution in [-0.2, 0) is 15.1 Å². The zero-order valence-corrected chi connectivity index (χ0v) is 13.6. The van der Waals surface area contributed by atoms with Gasteiger partial charge in [-0.25, -0.2) is 19.0 Å². The Balaban J connectivity index is 3.17. The Hall–Kier alpha value is -2.18. The minimum Gasteiger partial charge on any atom is -0.465 e. The fraction of sp³-hybridized carbons (Fsp3) is 0.533. The number of pyridine rings is 1. The van der Waals surface area contributed by atoms with Crippen LogP contribution < -0.4 is 5.32 Å². The maximum atomic E-state index is 14.0. The predicted molar refractivity (Wildman–Crippen MR) is 79.6 cm³/mol. The third kappa shape index (κ3) is 4.98. The normalized spacial score (nSPS) is 11.8. The fourth-order valence-corrected chi connectivity index (χ4v) is 1.56. The molecule has 6 nitrogen and oxygen atoms in total. The maximum absolute atomic E-state index is 14.0. The van der Waals surface area contributed by atoms with Gasteiger partial charge in [0.1, 0.15) is 22.7 Å². The average molecular weight is 312 g/mol. The van der Waals surface area contributed by atoms with Crippen molar-refractivity contribution in [3.05, 3.63) is 23.4 Å². The van der Waals surface area contributed by atoms with Crippen molar-refractivity contribution in [1.82, 2.24) is 4.98 Å². The van der Waals surface area contributed by atoms with E-state index < -0.39 is 23.3 Å². The number of anilines is 1. The van der Waals surface area contributed by atoms with Gasteiger partial charge in [-0.05, 0) is 46.8 Å². The summed E-state index contributed by atoms with van der Waals surface area (Å²) in [6.07, 6.45) is -0.793. The number of nitrogens with one attached hydrogen (secondary N) is 1. The molecule has 1 aromatic rings. The molecular weight excluding hydrogens is 291 g/mol. The molecule has 0 unspecified atom stereocenters. The Morgan fingerprint density at radius 1 is 1.18 bits per heavy atom. The number of methoxy groups -OCH3 is 1. The van der Waals surface area contributed by atoms with E-state index in [0.717, 1.165) is 0 Å². The molecular formula is C15H21FN2O4. The summed E-state index contributed by atoms with van der Waals surface area (Å²) in [6, 6.07) is 2.72. The van der Waals surface area contributed by atoms with Crippen molar-refractivity contribution >= 4 is 17.9 Å². The molecule has 0 aliphatic heterocycles. The molecule has 1 rings (SSSR count). The first-order valence-corrected chi connectivity index (χ1v) is 6.73. The third-order valence-corrected chi connectivity index (χ3v) is 2.53. The molecule has 0 aliphatic rings. The molecule has 1 amide bonds. The quantitative estimate of drug-likeness (QED) is 0.865. The van der Waals surface area contributed by atoms with Crippen molar-refractivity contribution in [2.75, 3.05) is 12.4 Å². The van der Waals surface area contributed by atoms with Gasteiger partial charge in [0.05, 0.1) is 12.8 Å². The minimum absolute atomic E-state index is 0.0151. The van der Waals surface area contributed by atoms with Gasteiger partial charge in [0, 0.05) is 0 Å². The highest BCUT2D eigenvalue weighted by Gasteiger charge is 2.25. The zero-order valence-electron chi connectivity index (χ0n) is 13.6. The van der Waals surface area contributed by atoms with Gasteiger partial charge in [-0.2, -0.15) is 0 Å². The summed E-state index contributed by atoms with van der Waals surface area (Å²) in [5.41, 5.74) is -2.35. The molecule has 0 fully saturated rings. The van der Waals surface area contributed by atoms with E-state index in [-0.39, 0.29) is 17.1 Å². The molecule has 0 atom stereocenters. The van der Waals surface area contributed by atoms with Crippen LogP contribution in [0.2, 0.25) is 0 Å². The van der Waals surface area contributed by atoms with Crippen LogP contribution in [0.1, 0.15) is 50.7 Å². The van der Waals surface area contributed by atoms with Crippen molar-refractivity contribution in [3.63, 3.8) is 0 Å². The fourth-order valence-electron chi connectivity index (χ4n) is 1.56. The lowest BCUT2D eigenvalue weighted by molar-refractivity contribution is 0.0601. The van der Waals surface area contributed by atoms with E-state index in [4.69, 9.17) is 4.74 Å². The van der Waals surface area contributed by atoms with Crippen LogP contribution in [0.3, 0.4) is 0 Å². The van der Waals surface area contributed by atoms with Gasteiger partial charge in [-0.15, -0.1) is 0 Å². The highest BCUT2D eigenvalue weighted by atomic mass is 19.1. The smallest absolute Gasteiger partial charge is 0.413 e. The predicted octanol–water partition coefficient (Wildman–Crippen LogP) is 3.42. The first-order valence-electron chi connectivity index (χ1n) is 6.73. The van der Waals surface area contributed by atoms with E-state index in [1.54, 1.807) is 20.8 Å². The number of halogens is 1. The Morgan fingerprint density at radius 3 is 2.23 bits per heavy atom. The van der Waals surface area contributed by atoms with Crippen LogP contribution in [0.5, 0.6) is 0 Å². The standard InChI is InChI=1S/C15H21FN2O4/c1-14(2,3)22-13(20)18-11-9(12(19)21-6)7-8-10(17-11)15(4,5)16/h7-8H,1-6H3,(H,17,18,20).